The molecule has 2 heterocycles. The largest absolute Gasteiger partial charge is 0.493 e. The molecule has 20 heavy (non-hydrogen) atoms. The summed E-state index contributed by atoms with van der Waals surface area (Å²) in [5.41, 5.74) is 0. The van der Waals surface area contributed by atoms with Gasteiger partial charge in [-0.15, -0.1) is 5.10 Å². The summed E-state index contributed by atoms with van der Waals surface area (Å²) >= 11 is 0. The standard InChI is InChI=1S/C15H18N3O2/c1-19-13-8-11-10-16-17-15(12(11)9-14(13)20-2)18-6-4-3-5-7-18/h3,8-10H,4-7H2,1-2H3. The molecule has 105 valence electrons. The first-order valence-electron chi connectivity index (χ1n) is 6.77. The van der Waals surface area contributed by atoms with Gasteiger partial charge in [-0.25, -0.2) is 0 Å². The van der Waals surface area contributed by atoms with Crippen molar-refractivity contribution in [3.8, 4) is 11.5 Å². The highest BCUT2D eigenvalue weighted by Crippen LogP contribution is 2.35. The first-order chi connectivity index (χ1) is 9.83. The molecule has 0 bridgehead atoms. The highest BCUT2D eigenvalue weighted by atomic mass is 16.5. The van der Waals surface area contributed by atoms with Crippen LogP contribution in [0, 0.1) is 6.42 Å². The van der Waals surface area contributed by atoms with Crippen LogP contribution in [0.5, 0.6) is 11.5 Å². The third kappa shape index (κ3) is 2.24. The van der Waals surface area contributed by atoms with E-state index in [-0.39, 0.29) is 0 Å². The van der Waals surface area contributed by atoms with Crippen molar-refractivity contribution in [3.05, 3.63) is 24.8 Å². The van der Waals surface area contributed by atoms with Crippen molar-refractivity contribution in [2.24, 2.45) is 0 Å². The van der Waals surface area contributed by atoms with Crippen LogP contribution in [0.1, 0.15) is 12.8 Å². The van der Waals surface area contributed by atoms with Gasteiger partial charge in [0.15, 0.2) is 17.3 Å². The normalized spacial score (nSPS) is 15.4. The maximum absolute atomic E-state index is 5.39. The van der Waals surface area contributed by atoms with Crippen LogP contribution in [0.4, 0.5) is 5.82 Å². The number of anilines is 1. The summed E-state index contributed by atoms with van der Waals surface area (Å²) in [6.07, 6.45) is 6.26. The van der Waals surface area contributed by atoms with Crippen molar-refractivity contribution in [3.63, 3.8) is 0 Å². The zero-order valence-corrected chi connectivity index (χ0v) is 11.8. The molecule has 5 heteroatoms. The molecule has 1 aromatic carbocycles. The molecular formula is C15H18N3O2. The number of rotatable bonds is 3. The van der Waals surface area contributed by atoms with E-state index in [9.17, 15) is 0 Å². The van der Waals surface area contributed by atoms with Crippen LogP contribution in [-0.2, 0) is 0 Å². The number of methoxy groups -OCH3 is 2. The van der Waals surface area contributed by atoms with Crippen LogP contribution in [0.3, 0.4) is 0 Å². The first-order valence-corrected chi connectivity index (χ1v) is 6.77. The van der Waals surface area contributed by atoms with Gasteiger partial charge in [-0.05, 0) is 31.4 Å². The second-order valence-electron chi connectivity index (χ2n) is 4.82. The summed E-state index contributed by atoms with van der Waals surface area (Å²) in [4.78, 5) is 2.28. The predicted molar refractivity (Wildman–Crippen MR) is 78.4 cm³/mol. The molecule has 3 rings (SSSR count). The van der Waals surface area contributed by atoms with E-state index in [0.29, 0.717) is 5.75 Å². The lowest BCUT2D eigenvalue weighted by Gasteiger charge is -2.28. The van der Waals surface area contributed by atoms with Gasteiger partial charge >= 0.3 is 0 Å². The predicted octanol–water partition coefficient (Wildman–Crippen LogP) is 2.45. The van der Waals surface area contributed by atoms with E-state index in [1.807, 2.05) is 12.1 Å². The average Bonchev–Trinajstić information content (AvgIpc) is 2.53. The lowest BCUT2D eigenvalue weighted by atomic mass is 10.1. The zero-order valence-electron chi connectivity index (χ0n) is 11.8. The Labute approximate surface area is 118 Å². The quantitative estimate of drug-likeness (QED) is 0.859. The van der Waals surface area contributed by atoms with Gasteiger partial charge in [0, 0.05) is 23.9 Å². The monoisotopic (exact) mass is 272 g/mol. The van der Waals surface area contributed by atoms with Crippen LogP contribution in [0.2, 0.25) is 0 Å². The minimum absolute atomic E-state index is 0.714. The number of ether oxygens (including phenoxy) is 2. The van der Waals surface area contributed by atoms with E-state index in [2.05, 4.69) is 21.5 Å². The summed E-state index contributed by atoms with van der Waals surface area (Å²) in [6.45, 7) is 1.98. The summed E-state index contributed by atoms with van der Waals surface area (Å²) < 4.78 is 10.7. The number of hydrogen-bond acceptors (Lipinski definition) is 5. The Morgan fingerprint density at radius 2 is 1.75 bits per heavy atom. The van der Waals surface area contributed by atoms with E-state index in [0.717, 1.165) is 48.3 Å². The summed E-state index contributed by atoms with van der Waals surface area (Å²) in [5.74, 6) is 2.36. The molecule has 1 saturated heterocycles. The van der Waals surface area contributed by atoms with Gasteiger partial charge in [0.25, 0.3) is 0 Å². The van der Waals surface area contributed by atoms with Gasteiger partial charge in [0.1, 0.15) is 0 Å². The number of nitrogens with zero attached hydrogens (tertiary/aromatic N) is 3. The topological polar surface area (TPSA) is 47.5 Å². The SMILES string of the molecule is COc1cc2cnnc(N3CC[CH]CC3)c2cc1OC. The van der Waals surface area contributed by atoms with Crippen molar-refractivity contribution in [1.29, 1.82) is 0 Å². The summed E-state index contributed by atoms with van der Waals surface area (Å²) in [7, 11) is 3.29. The third-order valence-corrected chi connectivity index (χ3v) is 3.65. The van der Waals surface area contributed by atoms with Gasteiger partial charge in [-0.3, -0.25) is 0 Å². The van der Waals surface area contributed by atoms with Crippen molar-refractivity contribution in [2.75, 3.05) is 32.2 Å². The van der Waals surface area contributed by atoms with E-state index in [1.54, 1.807) is 20.4 Å². The summed E-state index contributed by atoms with van der Waals surface area (Å²) in [5, 5.41) is 10.5. The number of fused-ring (bicyclic) bond motifs is 1. The maximum Gasteiger partial charge on any atom is 0.161 e. The number of aromatic nitrogens is 2. The van der Waals surface area contributed by atoms with Gasteiger partial charge in [-0.1, -0.05) is 0 Å². The molecule has 0 aliphatic carbocycles. The molecule has 1 radical (unpaired) electrons. The van der Waals surface area contributed by atoms with Gasteiger partial charge in [-0.2, -0.15) is 5.10 Å². The number of benzene rings is 1. The zero-order chi connectivity index (χ0) is 13.9. The van der Waals surface area contributed by atoms with Crippen LogP contribution in [-0.4, -0.2) is 37.5 Å². The minimum Gasteiger partial charge on any atom is -0.493 e. The summed E-state index contributed by atoms with van der Waals surface area (Å²) in [6, 6.07) is 3.93. The lowest BCUT2D eigenvalue weighted by Crippen LogP contribution is -2.30. The van der Waals surface area contributed by atoms with Gasteiger partial charge in [0.05, 0.1) is 20.4 Å². The molecule has 0 spiro atoms. The van der Waals surface area contributed by atoms with Gasteiger partial charge in [0.2, 0.25) is 0 Å². The fourth-order valence-electron chi connectivity index (χ4n) is 2.59. The Bertz CT molecular complexity index is 609. The Morgan fingerprint density at radius 1 is 1.05 bits per heavy atom. The first kappa shape index (κ1) is 13.0. The van der Waals surface area contributed by atoms with E-state index < -0.39 is 0 Å². The average molecular weight is 272 g/mol. The molecule has 2 aromatic rings. The maximum atomic E-state index is 5.39. The Kier molecular flexibility index (Phi) is 3.58. The molecule has 0 atom stereocenters. The van der Waals surface area contributed by atoms with Crippen LogP contribution < -0.4 is 14.4 Å². The fourth-order valence-corrected chi connectivity index (χ4v) is 2.59. The third-order valence-electron chi connectivity index (χ3n) is 3.65. The van der Waals surface area contributed by atoms with Crippen LogP contribution in [0.15, 0.2) is 18.3 Å². The second-order valence-corrected chi connectivity index (χ2v) is 4.82. The number of piperidine rings is 1. The number of hydrogen-bond donors (Lipinski definition) is 0. The van der Waals surface area contributed by atoms with Crippen LogP contribution in [0.25, 0.3) is 10.8 Å². The highest BCUT2D eigenvalue weighted by Gasteiger charge is 2.17. The molecule has 1 fully saturated rings. The van der Waals surface area contributed by atoms with Gasteiger partial charge < -0.3 is 14.4 Å². The Hall–Kier alpha value is -2.04. The van der Waals surface area contributed by atoms with E-state index >= 15 is 0 Å². The molecule has 0 N–H and O–H groups in total. The van der Waals surface area contributed by atoms with Crippen molar-refractivity contribution >= 4 is 16.6 Å². The smallest absolute Gasteiger partial charge is 0.161 e. The molecule has 0 amide bonds. The molecule has 0 saturated carbocycles. The van der Waals surface area contributed by atoms with E-state index in [4.69, 9.17) is 9.47 Å². The van der Waals surface area contributed by atoms with Crippen molar-refractivity contribution in [2.45, 2.75) is 12.8 Å². The highest BCUT2D eigenvalue weighted by molar-refractivity contribution is 5.94. The lowest BCUT2D eigenvalue weighted by molar-refractivity contribution is 0.356. The Balaban J connectivity index is 2.12. The molecular weight excluding hydrogens is 254 g/mol. The Morgan fingerprint density at radius 3 is 2.45 bits per heavy atom. The molecule has 5 nitrogen and oxygen atoms in total. The van der Waals surface area contributed by atoms with Crippen molar-refractivity contribution < 1.29 is 9.47 Å². The minimum atomic E-state index is 0.714. The second kappa shape index (κ2) is 5.53. The molecule has 0 unspecified atom stereocenters. The van der Waals surface area contributed by atoms with Crippen LogP contribution >= 0.6 is 0 Å². The molecule has 1 aromatic heterocycles. The molecule has 1 aliphatic heterocycles. The van der Waals surface area contributed by atoms with E-state index in [1.165, 1.54) is 0 Å². The molecule has 1 aliphatic rings. The fraction of sp³-hybridized carbons (Fsp3) is 0.400. The van der Waals surface area contributed by atoms with Crippen molar-refractivity contribution in [1.82, 2.24) is 10.2 Å².